The Morgan fingerprint density at radius 2 is 1.50 bits per heavy atom. The van der Waals surface area contributed by atoms with Gasteiger partial charge in [-0.3, -0.25) is 9.59 Å². The van der Waals surface area contributed by atoms with E-state index in [9.17, 15) is 9.59 Å². The predicted octanol–water partition coefficient (Wildman–Crippen LogP) is 3.74. The number of hydrogen-bond donors (Lipinski definition) is 2. The number of benzene rings is 2. The molecule has 0 fully saturated rings. The van der Waals surface area contributed by atoms with Crippen molar-refractivity contribution < 1.29 is 19.1 Å². The predicted molar refractivity (Wildman–Crippen MR) is 110 cm³/mol. The molecule has 2 rings (SSSR count). The van der Waals surface area contributed by atoms with Crippen molar-refractivity contribution in [2.45, 2.75) is 20.3 Å². The Morgan fingerprint density at radius 3 is 2.11 bits per heavy atom. The van der Waals surface area contributed by atoms with Crippen molar-refractivity contribution in [1.29, 1.82) is 0 Å². The molecule has 150 valence electrons. The van der Waals surface area contributed by atoms with Crippen molar-refractivity contribution >= 4 is 17.5 Å². The van der Waals surface area contributed by atoms with Gasteiger partial charge in [0.2, 0.25) is 0 Å². The Balaban J connectivity index is 1.87. The van der Waals surface area contributed by atoms with Crippen molar-refractivity contribution in [3.63, 3.8) is 0 Å². The summed E-state index contributed by atoms with van der Waals surface area (Å²) in [4.78, 5) is 24.3. The monoisotopic (exact) mass is 384 g/mol. The van der Waals surface area contributed by atoms with E-state index in [1.54, 1.807) is 55.6 Å². The second-order valence-corrected chi connectivity index (χ2v) is 6.84. The van der Waals surface area contributed by atoms with Crippen LogP contribution in [0.4, 0.5) is 5.69 Å². The van der Waals surface area contributed by atoms with Gasteiger partial charge in [0, 0.05) is 30.5 Å². The summed E-state index contributed by atoms with van der Waals surface area (Å²) in [5.74, 6) is 0.947. The van der Waals surface area contributed by atoms with Gasteiger partial charge in [0.25, 0.3) is 11.8 Å². The maximum Gasteiger partial charge on any atom is 0.255 e. The molecule has 0 radical (unpaired) electrons. The first-order valence-corrected chi connectivity index (χ1v) is 9.41. The van der Waals surface area contributed by atoms with Gasteiger partial charge in [-0.15, -0.1) is 0 Å². The van der Waals surface area contributed by atoms with E-state index in [1.165, 1.54) is 0 Å². The number of rotatable bonds is 10. The van der Waals surface area contributed by atoms with Crippen LogP contribution in [0.15, 0.2) is 48.5 Å². The van der Waals surface area contributed by atoms with Crippen molar-refractivity contribution in [1.82, 2.24) is 5.32 Å². The van der Waals surface area contributed by atoms with Gasteiger partial charge in [0.15, 0.2) is 0 Å². The first-order valence-electron chi connectivity index (χ1n) is 9.41. The average molecular weight is 384 g/mol. The molecule has 2 N–H and O–H groups in total. The SMILES string of the molecule is COCCNC(=O)c1ccc(NC(=O)c2ccc(OCCC(C)C)cc2)cc1. The van der Waals surface area contributed by atoms with Crippen molar-refractivity contribution in [2.24, 2.45) is 5.92 Å². The third-order valence-electron chi connectivity index (χ3n) is 4.08. The summed E-state index contributed by atoms with van der Waals surface area (Å²) in [6.07, 6.45) is 0.989. The van der Waals surface area contributed by atoms with Crippen LogP contribution in [0.5, 0.6) is 5.75 Å². The second-order valence-electron chi connectivity index (χ2n) is 6.84. The molecule has 0 aromatic heterocycles. The topological polar surface area (TPSA) is 76.7 Å². The molecule has 0 saturated heterocycles. The van der Waals surface area contributed by atoms with Crippen LogP contribution in [-0.4, -0.2) is 38.7 Å². The Hall–Kier alpha value is -2.86. The molecule has 6 heteroatoms. The fourth-order valence-corrected chi connectivity index (χ4v) is 2.39. The first kappa shape index (κ1) is 21.4. The number of methoxy groups -OCH3 is 1. The van der Waals surface area contributed by atoms with E-state index in [2.05, 4.69) is 24.5 Å². The molecule has 0 aliphatic rings. The third-order valence-corrected chi connectivity index (χ3v) is 4.08. The Morgan fingerprint density at radius 1 is 0.893 bits per heavy atom. The number of carbonyl (C=O) groups excluding carboxylic acids is 2. The van der Waals surface area contributed by atoms with Crippen molar-refractivity contribution in [3.8, 4) is 5.75 Å². The summed E-state index contributed by atoms with van der Waals surface area (Å²) in [6, 6.07) is 13.8. The highest BCUT2D eigenvalue weighted by molar-refractivity contribution is 6.04. The zero-order chi connectivity index (χ0) is 20.4. The lowest BCUT2D eigenvalue weighted by Gasteiger charge is -2.09. The summed E-state index contributed by atoms with van der Waals surface area (Å²) in [6.45, 7) is 5.87. The van der Waals surface area contributed by atoms with Gasteiger partial charge in [-0.05, 0) is 60.9 Å². The number of hydrogen-bond acceptors (Lipinski definition) is 4. The van der Waals surface area contributed by atoms with Gasteiger partial charge in [-0.25, -0.2) is 0 Å². The highest BCUT2D eigenvalue weighted by Gasteiger charge is 2.08. The second kappa shape index (κ2) is 11.1. The number of anilines is 1. The molecule has 0 spiro atoms. The van der Waals surface area contributed by atoms with Gasteiger partial charge in [-0.1, -0.05) is 13.8 Å². The number of amides is 2. The molecular formula is C22H28N2O4. The molecule has 0 atom stereocenters. The van der Waals surface area contributed by atoms with Crippen LogP contribution < -0.4 is 15.4 Å². The molecule has 2 aromatic carbocycles. The van der Waals surface area contributed by atoms with E-state index in [1.807, 2.05) is 0 Å². The van der Waals surface area contributed by atoms with Crippen molar-refractivity contribution in [3.05, 3.63) is 59.7 Å². The minimum absolute atomic E-state index is 0.178. The van der Waals surface area contributed by atoms with Crippen LogP contribution in [0.2, 0.25) is 0 Å². The first-order chi connectivity index (χ1) is 13.5. The van der Waals surface area contributed by atoms with Crippen molar-refractivity contribution in [2.75, 3.05) is 32.2 Å². The Labute approximate surface area is 166 Å². The van der Waals surface area contributed by atoms with Crippen LogP contribution in [0.3, 0.4) is 0 Å². The molecular weight excluding hydrogens is 356 g/mol. The third kappa shape index (κ3) is 7.04. The van der Waals surface area contributed by atoms with E-state index in [0.29, 0.717) is 42.5 Å². The molecule has 0 aliphatic carbocycles. The smallest absolute Gasteiger partial charge is 0.255 e. The molecule has 2 amide bonds. The summed E-state index contributed by atoms with van der Waals surface area (Å²) in [5.41, 5.74) is 1.69. The highest BCUT2D eigenvalue weighted by Crippen LogP contribution is 2.16. The number of ether oxygens (including phenoxy) is 2. The largest absolute Gasteiger partial charge is 0.494 e. The minimum atomic E-state index is -0.217. The van der Waals surface area contributed by atoms with Gasteiger partial charge in [0.1, 0.15) is 5.75 Å². The number of carbonyl (C=O) groups is 2. The lowest BCUT2D eigenvalue weighted by Crippen LogP contribution is -2.26. The molecule has 0 aliphatic heterocycles. The molecule has 0 unspecified atom stereocenters. The molecule has 0 heterocycles. The molecule has 0 saturated carbocycles. The quantitative estimate of drug-likeness (QED) is 0.612. The zero-order valence-corrected chi connectivity index (χ0v) is 16.7. The van der Waals surface area contributed by atoms with E-state index in [4.69, 9.17) is 9.47 Å². The van der Waals surface area contributed by atoms with Crippen LogP contribution in [0, 0.1) is 5.92 Å². The van der Waals surface area contributed by atoms with Crippen LogP contribution in [0.25, 0.3) is 0 Å². The van der Waals surface area contributed by atoms with Gasteiger partial charge in [0.05, 0.1) is 13.2 Å². The number of nitrogens with one attached hydrogen (secondary N) is 2. The van der Waals surface area contributed by atoms with E-state index < -0.39 is 0 Å². The van der Waals surface area contributed by atoms with Gasteiger partial charge < -0.3 is 20.1 Å². The fourth-order valence-electron chi connectivity index (χ4n) is 2.39. The molecule has 2 aromatic rings. The molecule has 0 bridgehead atoms. The summed E-state index contributed by atoms with van der Waals surface area (Å²) in [7, 11) is 1.58. The normalized spacial score (nSPS) is 10.6. The van der Waals surface area contributed by atoms with Gasteiger partial charge in [-0.2, -0.15) is 0 Å². The van der Waals surface area contributed by atoms with E-state index >= 15 is 0 Å². The summed E-state index contributed by atoms with van der Waals surface area (Å²) < 4.78 is 10.6. The summed E-state index contributed by atoms with van der Waals surface area (Å²) in [5, 5.41) is 5.57. The Bertz CT molecular complexity index is 755. The highest BCUT2D eigenvalue weighted by atomic mass is 16.5. The maximum absolute atomic E-state index is 12.4. The van der Waals surface area contributed by atoms with Gasteiger partial charge >= 0.3 is 0 Å². The minimum Gasteiger partial charge on any atom is -0.494 e. The van der Waals surface area contributed by atoms with Crippen LogP contribution in [-0.2, 0) is 4.74 Å². The van der Waals surface area contributed by atoms with E-state index in [0.717, 1.165) is 12.2 Å². The van der Waals surface area contributed by atoms with E-state index in [-0.39, 0.29) is 11.8 Å². The maximum atomic E-state index is 12.4. The Kier molecular flexibility index (Phi) is 8.49. The standard InChI is InChI=1S/C22H28N2O4/c1-16(2)12-14-28-20-10-6-18(7-11-20)22(26)24-19-8-4-17(5-9-19)21(25)23-13-15-27-3/h4-11,16H,12-15H2,1-3H3,(H,23,25)(H,24,26). The summed E-state index contributed by atoms with van der Waals surface area (Å²) >= 11 is 0. The lowest BCUT2D eigenvalue weighted by atomic mass is 10.1. The van der Waals surface area contributed by atoms with Crippen LogP contribution in [0.1, 0.15) is 41.0 Å². The zero-order valence-electron chi connectivity index (χ0n) is 16.7. The average Bonchev–Trinajstić information content (AvgIpc) is 2.69. The van der Waals surface area contributed by atoms with Crippen LogP contribution >= 0.6 is 0 Å². The molecule has 28 heavy (non-hydrogen) atoms. The molecule has 6 nitrogen and oxygen atoms in total. The lowest BCUT2D eigenvalue weighted by molar-refractivity contribution is 0.0936. The fraction of sp³-hybridized carbons (Fsp3) is 0.364.